The smallest absolute Gasteiger partial charge is 0.407 e. The molecule has 0 saturated carbocycles. The second-order valence-electron chi connectivity index (χ2n) is 9.12. The zero-order valence-corrected chi connectivity index (χ0v) is 20.6. The minimum absolute atomic E-state index is 0.0683. The zero-order chi connectivity index (χ0) is 26.2. The van der Waals surface area contributed by atoms with Gasteiger partial charge in [0.1, 0.15) is 0 Å². The van der Waals surface area contributed by atoms with Crippen LogP contribution in [0.15, 0.2) is 59.6 Å². The summed E-state index contributed by atoms with van der Waals surface area (Å²) in [6, 6.07) is 13.4. The lowest BCUT2D eigenvalue weighted by Crippen LogP contribution is -2.38. The summed E-state index contributed by atoms with van der Waals surface area (Å²) < 4.78 is 29.2. The average Bonchev–Trinajstić information content (AvgIpc) is 3.52. The van der Waals surface area contributed by atoms with Crippen LogP contribution in [0.25, 0.3) is 11.3 Å². The number of aromatic nitrogens is 2. The first kappa shape index (κ1) is 24.7. The molecule has 5 N–H and O–H groups in total. The number of sulfonamides is 1. The van der Waals surface area contributed by atoms with Crippen LogP contribution in [0.4, 0.5) is 10.6 Å². The highest BCUT2D eigenvalue weighted by atomic mass is 32.2. The van der Waals surface area contributed by atoms with E-state index in [4.69, 9.17) is 10.8 Å². The number of amides is 2. The zero-order valence-electron chi connectivity index (χ0n) is 19.8. The number of carbonyl (C=O) groups excluding carboxylic acids is 1. The molecule has 1 saturated heterocycles. The minimum atomic E-state index is -3.83. The molecule has 5 rings (SSSR count). The molecule has 1 fully saturated rings. The normalized spacial score (nSPS) is 19.0. The maximum absolute atomic E-state index is 13.2. The van der Waals surface area contributed by atoms with Gasteiger partial charge < -0.3 is 21.1 Å². The summed E-state index contributed by atoms with van der Waals surface area (Å²) in [4.78, 5) is 33.7. The number of rotatable bonds is 6. The van der Waals surface area contributed by atoms with E-state index in [2.05, 4.69) is 20.0 Å². The third-order valence-corrected chi connectivity index (χ3v) is 8.15. The molecule has 37 heavy (non-hydrogen) atoms. The van der Waals surface area contributed by atoms with Crippen molar-refractivity contribution in [3.05, 3.63) is 71.5 Å². The van der Waals surface area contributed by atoms with Crippen molar-refractivity contribution >= 4 is 27.8 Å². The number of anilines is 1. The molecule has 192 valence electrons. The fraction of sp³-hybridized carbons (Fsp3) is 0.280. The Labute approximate surface area is 213 Å². The van der Waals surface area contributed by atoms with E-state index < -0.39 is 22.0 Å². The number of carboxylic acid groups (broad SMARTS) is 1. The first-order valence-corrected chi connectivity index (χ1v) is 13.3. The molecule has 1 aromatic heterocycles. The number of nitrogens with zero attached hydrogens (tertiary/aromatic N) is 3. The van der Waals surface area contributed by atoms with Crippen LogP contribution in [0, 0.1) is 0 Å². The Bertz CT molecular complexity index is 1480. The lowest BCUT2D eigenvalue weighted by Gasteiger charge is -2.15. The van der Waals surface area contributed by atoms with Gasteiger partial charge in [-0.3, -0.25) is 4.79 Å². The number of nitrogens with one attached hydrogen (secondary N) is 2. The van der Waals surface area contributed by atoms with Crippen LogP contribution in [-0.4, -0.2) is 59.5 Å². The van der Waals surface area contributed by atoms with Crippen LogP contribution in [-0.2, 0) is 16.4 Å². The van der Waals surface area contributed by atoms with Crippen molar-refractivity contribution < 1.29 is 23.1 Å². The van der Waals surface area contributed by atoms with E-state index in [-0.39, 0.29) is 40.7 Å². The number of fused-ring (bicyclic) bond motifs is 1. The van der Waals surface area contributed by atoms with Gasteiger partial charge in [-0.15, -0.1) is 0 Å². The molecule has 2 atom stereocenters. The van der Waals surface area contributed by atoms with Gasteiger partial charge >= 0.3 is 6.09 Å². The number of aryl methyl sites for hydroxylation is 1. The first-order valence-electron chi connectivity index (χ1n) is 11.8. The molecule has 2 amide bonds. The predicted molar refractivity (Wildman–Crippen MR) is 135 cm³/mol. The van der Waals surface area contributed by atoms with E-state index in [0.717, 1.165) is 17.5 Å². The standard InChI is InChI=1S/C25H26N6O5S/c26-23-22(24(32)28-17-10-11-31(14-17)25(33)34)29-21(13-27-23)16-5-3-6-18(12-16)37(35,36)30-20-9-8-15-4-1-2-7-19(15)20/h1-7,12-13,17,20,30H,8-11,14H2,(H2,26,27)(H,28,32)(H,33,34)/t17-,20+/m0/s1. The molecule has 0 bridgehead atoms. The van der Waals surface area contributed by atoms with E-state index >= 15 is 0 Å². The fourth-order valence-electron chi connectivity index (χ4n) is 4.77. The number of hydrogen-bond acceptors (Lipinski definition) is 7. The Hall–Kier alpha value is -4.03. The number of hydrogen-bond donors (Lipinski definition) is 4. The van der Waals surface area contributed by atoms with Crippen LogP contribution in [0.5, 0.6) is 0 Å². The van der Waals surface area contributed by atoms with Crippen molar-refractivity contribution in [2.24, 2.45) is 0 Å². The molecule has 2 aliphatic rings. The largest absolute Gasteiger partial charge is 0.465 e. The van der Waals surface area contributed by atoms with Crippen LogP contribution in [0.2, 0.25) is 0 Å². The number of nitrogen functional groups attached to an aromatic ring is 1. The second kappa shape index (κ2) is 9.79. The molecule has 0 unspecified atom stereocenters. The minimum Gasteiger partial charge on any atom is -0.465 e. The van der Waals surface area contributed by atoms with Gasteiger partial charge in [-0.05, 0) is 42.5 Å². The van der Waals surface area contributed by atoms with Gasteiger partial charge in [-0.2, -0.15) is 0 Å². The van der Waals surface area contributed by atoms with Gasteiger partial charge in [-0.1, -0.05) is 36.4 Å². The third kappa shape index (κ3) is 5.11. The van der Waals surface area contributed by atoms with Crippen molar-refractivity contribution in [3.63, 3.8) is 0 Å². The average molecular weight is 523 g/mol. The van der Waals surface area contributed by atoms with E-state index in [1.807, 2.05) is 24.3 Å². The van der Waals surface area contributed by atoms with E-state index in [1.54, 1.807) is 12.1 Å². The van der Waals surface area contributed by atoms with Gasteiger partial charge in [0.25, 0.3) is 5.91 Å². The van der Waals surface area contributed by atoms with Crippen LogP contribution in [0.1, 0.15) is 40.5 Å². The summed E-state index contributed by atoms with van der Waals surface area (Å²) in [6.45, 7) is 0.496. The molecule has 2 heterocycles. The van der Waals surface area contributed by atoms with Gasteiger partial charge in [0.05, 0.1) is 16.8 Å². The Morgan fingerprint density at radius 3 is 2.70 bits per heavy atom. The third-order valence-electron chi connectivity index (χ3n) is 6.68. The highest BCUT2D eigenvalue weighted by Crippen LogP contribution is 2.32. The highest BCUT2D eigenvalue weighted by molar-refractivity contribution is 7.89. The molecular formula is C25H26N6O5S. The second-order valence-corrected chi connectivity index (χ2v) is 10.8. The molecule has 2 aromatic carbocycles. The van der Waals surface area contributed by atoms with Crippen LogP contribution >= 0.6 is 0 Å². The molecule has 1 aliphatic heterocycles. The molecule has 11 nitrogen and oxygen atoms in total. The summed E-state index contributed by atoms with van der Waals surface area (Å²) >= 11 is 0. The number of likely N-dealkylation sites (tertiary alicyclic amines) is 1. The van der Waals surface area contributed by atoms with Crippen LogP contribution in [0.3, 0.4) is 0 Å². The van der Waals surface area contributed by atoms with Crippen LogP contribution < -0.4 is 15.8 Å². The molecule has 0 spiro atoms. The van der Waals surface area contributed by atoms with Gasteiger partial charge in [0.15, 0.2) is 11.5 Å². The molecule has 0 radical (unpaired) electrons. The SMILES string of the molecule is Nc1ncc(-c2cccc(S(=O)(=O)N[C@@H]3CCc4ccccc43)c2)nc1C(=O)N[C@H]1CCN(C(=O)O)C1. The maximum Gasteiger partial charge on any atom is 0.407 e. The maximum atomic E-state index is 13.2. The summed E-state index contributed by atoms with van der Waals surface area (Å²) in [7, 11) is -3.83. The summed E-state index contributed by atoms with van der Waals surface area (Å²) in [5, 5.41) is 11.9. The number of carbonyl (C=O) groups is 2. The molecular weight excluding hydrogens is 496 g/mol. The topological polar surface area (TPSA) is 168 Å². The Kier molecular flexibility index (Phi) is 6.52. The Balaban J connectivity index is 1.35. The highest BCUT2D eigenvalue weighted by Gasteiger charge is 2.29. The summed E-state index contributed by atoms with van der Waals surface area (Å²) in [5.74, 6) is -0.658. The fourth-order valence-corrected chi connectivity index (χ4v) is 6.06. The van der Waals surface area contributed by atoms with Crippen molar-refractivity contribution in [1.82, 2.24) is 24.9 Å². The van der Waals surface area contributed by atoms with E-state index in [0.29, 0.717) is 24.9 Å². The van der Waals surface area contributed by atoms with E-state index in [1.165, 1.54) is 23.2 Å². The molecule has 1 aliphatic carbocycles. The van der Waals surface area contributed by atoms with Crippen molar-refractivity contribution in [2.45, 2.75) is 36.2 Å². The van der Waals surface area contributed by atoms with Crippen molar-refractivity contribution in [3.8, 4) is 11.3 Å². The quantitative estimate of drug-likeness (QED) is 0.382. The van der Waals surface area contributed by atoms with Crippen molar-refractivity contribution in [2.75, 3.05) is 18.8 Å². The first-order chi connectivity index (χ1) is 17.7. The number of benzene rings is 2. The summed E-state index contributed by atoms with van der Waals surface area (Å²) in [5.41, 5.74) is 8.65. The lowest BCUT2D eigenvalue weighted by atomic mass is 10.1. The number of nitrogens with two attached hydrogens (primary N) is 1. The van der Waals surface area contributed by atoms with Crippen molar-refractivity contribution in [1.29, 1.82) is 0 Å². The monoisotopic (exact) mass is 522 g/mol. The van der Waals surface area contributed by atoms with E-state index in [9.17, 15) is 18.0 Å². The Morgan fingerprint density at radius 2 is 1.92 bits per heavy atom. The lowest BCUT2D eigenvalue weighted by molar-refractivity contribution is 0.0931. The van der Waals surface area contributed by atoms with Gasteiger partial charge in [0.2, 0.25) is 10.0 Å². The molecule has 3 aromatic rings. The summed E-state index contributed by atoms with van der Waals surface area (Å²) in [6.07, 6.45) is 2.30. The Morgan fingerprint density at radius 1 is 1.11 bits per heavy atom. The van der Waals surface area contributed by atoms with Gasteiger partial charge in [0, 0.05) is 30.7 Å². The van der Waals surface area contributed by atoms with Gasteiger partial charge in [-0.25, -0.2) is 27.9 Å². The predicted octanol–water partition coefficient (Wildman–Crippen LogP) is 2.17. The molecule has 12 heteroatoms.